The Labute approximate surface area is 99.2 Å². The Morgan fingerprint density at radius 3 is 3.00 bits per heavy atom. The van der Waals surface area contributed by atoms with Crippen molar-refractivity contribution in [1.29, 1.82) is 0 Å². The Morgan fingerprint density at radius 1 is 1.47 bits per heavy atom. The Hall–Kier alpha value is -1.58. The number of halogens is 1. The Bertz CT molecular complexity index is 405. The number of aliphatic carboxylic acids is 1. The zero-order chi connectivity index (χ0) is 12.3. The van der Waals surface area contributed by atoms with E-state index in [1.165, 1.54) is 12.1 Å². The maximum absolute atomic E-state index is 13.0. The van der Waals surface area contributed by atoms with Gasteiger partial charge in [-0.3, -0.25) is 4.79 Å². The molecule has 2 rings (SSSR count). The minimum atomic E-state index is -0.801. The van der Waals surface area contributed by atoms with Crippen LogP contribution in [0, 0.1) is 11.7 Å². The zero-order valence-corrected chi connectivity index (χ0v) is 9.43. The summed E-state index contributed by atoms with van der Waals surface area (Å²) in [5, 5.41) is 8.79. The Morgan fingerprint density at radius 2 is 2.29 bits per heavy atom. The van der Waals surface area contributed by atoms with Gasteiger partial charge in [0.25, 0.3) is 0 Å². The Kier molecular flexibility index (Phi) is 3.61. The predicted molar refractivity (Wildman–Crippen MR) is 60.4 cm³/mol. The van der Waals surface area contributed by atoms with Crippen LogP contribution < -0.4 is 4.74 Å². The van der Waals surface area contributed by atoms with Crippen molar-refractivity contribution in [2.45, 2.75) is 31.8 Å². The molecule has 17 heavy (non-hydrogen) atoms. The first-order chi connectivity index (χ1) is 8.15. The van der Waals surface area contributed by atoms with E-state index in [0.29, 0.717) is 5.75 Å². The highest BCUT2D eigenvalue weighted by Crippen LogP contribution is 2.32. The summed E-state index contributed by atoms with van der Waals surface area (Å²) in [4.78, 5) is 10.7. The second kappa shape index (κ2) is 5.17. The Balaban J connectivity index is 2.00. The van der Waals surface area contributed by atoms with Crippen molar-refractivity contribution in [2.24, 2.45) is 5.92 Å². The molecule has 0 heterocycles. The molecule has 1 fully saturated rings. The molecular formula is C13H15FO3. The third-order valence-corrected chi connectivity index (χ3v) is 3.11. The largest absolute Gasteiger partial charge is 0.490 e. The molecule has 1 aliphatic rings. The fourth-order valence-corrected chi connectivity index (χ4v) is 2.33. The first-order valence-corrected chi connectivity index (χ1v) is 5.79. The van der Waals surface area contributed by atoms with Crippen LogP contribution in [0.3, 0.4) is 0 Å². The van der Waals surface area contributed by atoms with Gasteiger partial charge in [-0.25, -0.2) is 4.39 Å². The quantitative estimate of drug-likeness (QED) is 0.877. The van der Waals surface area contributed by atoms with E-state index in [0.717, 1.165) is 19.3 Å². The lowest BCUT2D eigenvalue weighted by molar-refractivity contribution is -0.138. The molecule has 92 valence electrons. The van der Waals surface area contributed by atoms with Gasteiger partial charge in [-0.1, -0.05) is 6.07 Å². The fourth-order valence-electron chi connectivity index (χ4n) is 2.33. The molecular weight excluding hydrogens is 223 g/mol. The average Bonchev–Trinajstić information content (AvgIpc) is 2.65. The topological polar surface area (TPSA) is 46.5 Å². The maximum Gasteiger partial charge on any atom is 0.303 e. The second-order valence-corrected chi connectivity index (χ2v) is 4.40. The van der Waals surface area contributed by atoms with Crippen LogP contribution in [-0.4, -0.2) is 17.2 Å². The molecule has 4 heteroatoms. The highest BCUT2D eigenvalue weighted by Gasteiger charge is 2.30. The molecule has 0 saturated heterocycles. The van der Waals surface area contributed by atoms with Gasteiger partial charge in [0.2, 0.25) is 0 Å². The summed E-state index contributed by atoms with van der Waals surface area (Å²) in [6.45, 7) is 0. The van der Waals surface area contributed by atoms with Gasteiger partial charge in [-0.15, -0.1) is 0 Å². The molecule has 2 unspecified atom stereocenters. The molecule has 1 aromatic rings. The molecule has 1 aromatic carbocycles. The molecule has 0 amide bonds. The molecule has 1 aliphatic carbocycles. The van der Waals surface area contributed by atoms with Gasteiger partial charge >= 0.3 is 5.97 Å². The van der Waals surface area contributed by atoms with Crippen molar-refractivity contribution in [1.82, 2.24) is 0 Å². The van der Waals surface area contributed by atoms with E-state index in [4.69, 9.17) is 9.84 Å². The highest BCUT2D eigenvalue weighted by atomic mass is 19.1. The van der Waals surface area contributed by atoms with E-state index in [-0.39, 0.29) is 24.3 Å². The molecule has 0 aliphatic heterocycles. The van der Waals surface area contributed by atoms with Gasteiger partial charge < -0.3 is 9.84 Å². The fraction of sp³-hybridized carbons (Fsp3) is 0.462. The summed E-state index contributed by atoms with van der Waals surface area (Å²) < 4.78 is 18.6. The summed E-state index contributed by atoms with van der Waals surface area (Å²) in [5.74, 6) is -0.622. The van der Waals surface area contributed by atoms with Crippen LogP contribution >= 0.6 is 0 Å². The van der Waals surface area contributed by atoms with E-state index in [1.807, 2.05) is 0 Å². The number of benzene rings is 1. The minimum absolute atomic E-state index is 0.0377. The van der Waals surface area contributed by atoms with Crippen LogP contribution in [0.5, 0.6) is 5.75 Å². The van der Waals surface area contributed by atoms with Gasteiger partial charge in [0, 0.05) is 12.0 Å². The van der Waals surface area contributed by atoms with Crippen LogP contribution in [0.15, 0.2) is 24.3 Å². The van der Waals surface area contributed by atoms with E-state index in [1.54, 1.807) is 12.1 Å². The van der Waals surface area contributed by atoms with Gasteiger partial charge in [-0.05, 0) is 31.4 Å². The standard InChI is InChI=1S/C13H15FO3/c14-10-4-2-5-11(8-10)17-12-6-1-3-9(12)7-13(15)16/h2,4-5,8-9,12H,1,3,6-7H2,(H,15,16). The predicted octanol–water partition coefficient (Wildman–Crippen LogP) is 2.85. The first kappa shape index (κ1) is 11.9. The summed E-state index contributed by atoms with van der Waals surface area (Å²) in [7, 11) is 0. The normalized spacial score (nSPS) is 23.6. The van der Waals surface area contributed by atoms with Crippen molar-refractivity contribution >= 4 is 5.97 Å². The monoisotopic (exact) mass is 238 g/mol. The van der Waals surface area contributed by atoms with Crippen molar-refractivity contribution in [3.63, 3.8) is 0 Å². The van der Waals surface area contributed by atoms with E-state index >= 15 is 0 Å². The van der Waals surface area contributed by atoms with Gasteiger partial charge in [0.05, 0.1) is 6.42 Å². The van der Waals surface area contributed by atoms with Gasteiger partial charge in [-0.2, -0.15) is 0 Å². The molecule has 0 bridgehead atoms. The van der Waals surface area contributed by atoms with Gasteiger partial charge in [0.15, 0.2) is 0 Å². The van der Waals surface area contributed by atoms with Crippen molar-refractivity contribution in [3.05, 3.63) is 30.1 Å². The molecule has 0 aromatic heterocycles. The molecule has 1 N–H and O–H groups in total. The maximum atomic E-state index is 13.0. The van der Waals surface area contributed by atoms with Gasteiger partial charge in [0.1, 0.15) is 17.7 Å². The number of carboxylic acid groups (broad SMARTS) is 1. The summed E-state index contributed by atoms with van der Waals surface area (Å²) in [5.41, 5.74) is 0. The molecule has 0 spiro atoms. The number of hydrogen-bond donors (Lipinski definition) is 1. The summed E-state index contributed by atoms with van der Waals surface area (Å²) in [6.07, 6.45) is 2.70. The highest BCUT2D eigenvalue weighted by molar-refractivity contribution is 5.67. The van der Waals surface area contributed by atoms with Crippen LogP contribution in [0.1, 0.15) is 25.7 Å². The second-order valence-electron chi connectivity index (χ2n) is 4.40. The summed E-state index contributed by atoms with van der Waals surface area (Å²) in [6, 6.07) is 5.97. The first-order valence-electron chi connectivity index (χ1n) is 5.79. The number of rotatable bonds is 4. The van der Waals surface area contributed by atoms with Crippen molar-refractivity contribution in [2.75, 3.05) is 0 Å². The molecule has 0 radical (unpaired) electrons. The lowest BCUT2D eigenvalue weighted by atomic mass is 10.0. The third-order valence-electron chi connectivity index (χ3n) is 3.11. The molecule has 2 atom stereocenters. The van der Waals surface area contributed by atoms with Crippen molar-refractivity contribution in [3.8, 4) is 5.75 Å². The SMILES string of the molecule is O=C(O)CC1CCCC1Oc1cccc(F)c1. The van der Waals surface area contributed by atoms with Crippen molar-refractivity contribution < 1.29 is 19.0 Å². The number of carbonyl (C=O) groups is 1. The molecule has 1 saturated carbocycles. The summed E-state index contributed by atoms with van der Waals surface area (Å²) >= 11 is 0. The van der Waals surface area contributed by atoms with Crippen LogP contribution in [0.2, 0.25) is 0 Å². The average molecular weight is 238 g/mol. The van der Waals surface area contributed by atoms with Crippen LogP contribution in [-0.2, 0) is 4.79 Å². The van der Waals surface area contributed by atoms with Crippen LogP contribution in [0.4, 0.5) is 4.39 Å². The lowest BCUT2D eigenvalue weighted by Crippen LogP contribution is -2.23. The van der Waals surface area contributed by atoms with E-state index in [2.05, 4.69) is 0 Å². The van der Waals surface area contributed by atoms with E-state index in [9.17, 15) is 9.18 Å². The molecule has 3 nitrogen and oxygen atoms in total. The lowest BCUT2D eigenvalue weighted by Gasteiger charge is -2.19. The zero-order valence-electron chi connectivity index (χ0n) is 9.43. The number of hydrogen-bond acceptors (Lipinski definition) is 2. The van der Waals surface area contributed by atoms with Crippen LogP contribution in [0.25, 0.3) is 0 Å². The smallest absolute Gasteiger partial charge is 0.303 e. The third kappa shape index (κ3) is 3.19. The number of carboxylic acids is 1. The van der Waals surface area contributed by atoms with E-state index < -0.39 is 5.97 Å². The minimum Gasteiger partial charge on any atom is -0.490 e. The number of ether oxygens (including phenoxy) is 1.